The third-order valence-corrected chi connectivity index (χ3v) is 2.09. The lowest BCUT2D eigenvalue weighted by Gasteiger charge is -2.18. The molecule has 1 aromatic heterocycles. The molecule has 0 bridgehead atoms. The zero-order chi connectivity index (χ0) is 14.0. The van der Waals surface area contributed by atoms with E-state index in [-0.39, 0.29) is 0 Å². The van der Waals surface area contributed by atoms with Crippen LogP contribution >= 0.6 is 0 Å². The van der Waals surface area contributed by atoms with Crippen LogP contribution in [0.15, 0.2) is 29.1 Å². The molecule has 0 unspecified atom stereocenters. The van der Waals surface area contributed by atoms with Gasteiger partial charge >= 0.3 is 11.7 Å². The van der Waals surface area contributed by atoms with Crippen LogP contribution in [0.5, 0.6) is 0 Å². The summed E-state index contributed by atoms with van der Waals surface area (Å²) in [7, 11) is 0. The molecule has 0 aliphatic heterocycles. The first-order valence-electron chi connectivity index (χ1n) is 5.63. The van der Waals surface area contributed by atoms with Gasteiger partial charge in [-0.25, -0.2) is 4.79 Å². The van der Waals surface area contributed by atoms with Crippen molar-refractivity contribution >= 4 is 17.1 Å². The summed E-state index contributed by atoms with van der Waals surface area (Å²) in [6.45, 7) is 5.05. The van der Waals surface area contributed by atoms with E-state index in [1.165, 1.54) is 0 Å². The van der Waals surface area contributed by atoms with Gasteiger partial charge < -0.3 is 4.74 Å². The van der Waals surface area contributed by atoms with E-state index in [1.54, 1.807) is 45.0 Å². The topological polar surface area (TPSA) is 83.3 Å². The summed E-state index contributed by atoms with van der Waals surface area (Å²) in [5, 5.41) is 7.59. The lowest BCUT2D eigenvalue weighted by Crippen LogP contribution is -2.37. The molecule has 0 aliphatic rings. The summed E-state index contributed by atoms with van der Waals surface area (Å²) in [6, 6.07) is 6.63. The highest BCUT2D eigenvalue weighted by molar-refractivity contribution is 5.76. The molecule has 0 spiro atoms. The minimum Gasteiger partial charge on any atom is -0.427 e. The molecule has 0 saturated heterocycles. The summed E-state index contributed by atoms with van der Waals surface area (Å²) in [6.07, 6.45) is -1.01. The third kappa shape index (κ3) is 3.06. The predicted octanol–water partition coefficient (Wildman–Crippen LogP) is 1.16. The highest BCUT2D eigenvalue weighted by Gasteiger charge is 2.19. The second kappa shape index (κ2) is 4.68. The van der Waals surface area contributed by atoms with Crippen LogP contribution in [0, 0.1) is 0 Å². The number of fused-ring (bicyclic) bond motifs is 1. The smallest absolute Gasteiger partial charge is 0.427 e. The standard InChI is InChI=1S/C12H13N3O4/c1-12(2,3)18-11(17)19-15-10(16)8-6-4-5-7-9(8)13-14-15/h4-7H,1-3H3. The van der Waals surface area contributed by atoms with E-state index in [0.717, 1.165) is 0 Å². The first kappa shape index (κ1) is 13.0. The van der Waals surface area contributed by atoms with Gasteiger partial charge in [-0.15, -0.1) is 5.10 Å². The van der Waals surface area contributed by atoms with Crippen LogP contribution in [0.1, 0.15) is 20.8 Å². The van der Waals surface area contributed by atoms with Gasteiger partial charge in [0, 0.05) is 0 Å². The Labute approximate surface area is 108 Å². The molecule has 19 heavy (non-hydrogen) atoms. The summed E-state index contributed by atoms with van der Waals surface area (Å²) < 4.78 is 4.92. The molecule has 0 N–H and O–H groups in total. The Morgan fingerprint density at radius 3 is 2.63 bits per heavy atom. The van der Waals surface area contributed by atoms with Crippen molar-refractivity contribution in [2.24, 2.45) is 0 Å². The summed E-state index contributed by atoms with van der Waals surface area (Å²) >= 11 is 0. The molecule has 0 radical (unpaired) electrons. The van der Waals surface area contributed by atoms with Gasteiger partial charge in [0.15, 0.2) is 0 Å². The Morgan fingerprint density at radius 1 is 1.26 bits per heavy atom. The van der Waals surface area contributed by atoms with Crippen LogP contribution in [0.3, 0.4) is 0 Å². The van der Waals surface area contributed by atoms with Gasteiger partial charge in [-0.05, 0) is 43.0 Å². The van der Waals surface area contributed by atoms with E-state index in [0.29, 0.717) is 15.7 Å². The van der Waals surface area contributed by atoms with Crippen LogP contribution in [-0.4, -0.2) is 26.9 Å². The van der Waals surface area contributed by atoms with Crippen molar-refractivity contribution in [3.63, 3.8) is 0 Å². The van der Waals surface area contributed by atoms with E-state index in [9.17, 15) is 9.59 Å². The largest absolute Gasteiger partial charge is 0.535 e. The lowest BCUT2D eigenvalue weighted by molar-refractivity contribution is -0.0210. The number of rotatable bonds is 1. The predicted molar refractivity (Wildman–Crippen MR) is 66.6 cm³/mol. The molecule has 0 fully saturated rings. The van der Waals surface area contributed by atoms with Crippen LogP contribution < -0.4 is 10.4 Å². The molecule has 7 heteroatoms. The molecule has 0 aliphatic carbocycles. The fraction of sp³-hybridized carbons (Fsp3) is 0.333. The quantitative estimate of drug-likeness (QED) is 0.567. The third-order valence-electron chi connectivity index (χ3n) is 2.09. The van der Waals surface area contributed by atoms with Crippen molar-refractivity contribution in [3.8, 4) is 0 Å². The summed E-state index contributed by atoms with van der Waals surface area (Å²) in [5.41, 5.74) is -0.863. The molecule has 1 heterocycles. The van der Waals surface area contributed by atoms with Crippen LogP contribution in [0.25, 0.3) is 10.9 Å². The van der Waals surface area contributed by atoms with Crippen LogP contribution in [-0.2, 0) is 4.74 Å². The van der Waals surface area contributed by atoms with Crippen molar-refractivity contribution in [2.45, 2.75) is 26.4 Å². The van der Waals surface area contributed by atoms with Gasteiger partial charge in [0.05, 0.1) is 5.39 Å². The number of carbonyl (C=O) groups excluding carboxylic acids is 1. The average molecular weight is 263 g/mol. The van der Waals surface area contributed by atoms with Crippen molar-refractivity contribution in [1.29, 1.82) is 0 Å². The highest BCUT2D eigenvalue weighted by Crippen LogP contribution is 2.07. The van der Waals surface area contributed by atoms with Gasteiger partial charge in [-0.1, -0.05) is 12.1 Å². The zero-order valence-electron chi connectivity index (χ0n) is 10.8. The Kier molecular flexibility index (Phi) is 3.20. The number of hydrogen-bond donors (Lipinski definition) is 0. The Balaban J connectivity index is 2.29. The molecule has 1 aromatic carbocycles. The minimum atomic E-state index is -1.01. The maximum Gasteiger partial charge on any atom is 0.535 e. The lowest BCUT2D eigenvalue weighted by atomic mass is 10.2. The highest BCUT2D eigenvalue weighted by atomic mass is 16.8. The first-order chi connectivity index (χ1) is 8.87. The Bertz CT molecular complexity index is 672. The van der Waals surface area contributed by atoms with Gasteiger partial charge in [0.2, 0.25) is 0 Å². The van der Waals surface area contributed by atoms with Crippen LogP contribution in [0.2, 0.25) is 0 Å². The molecule has 0 amide bonds. The van der Waals surface area contributed by atoms with Gasteiger partial charge in [-0.2, -0.15) is 0 Å². The molecule has 2 rings (SSSR count). The molecule has 0 saturated carbocycles. The monoisotopic (exact) mass is 263 g/mol. The maximum absolute atomic E-state index is 12.0. The van der Waals surface area contributed by atoms with Gasteiger partial charge in [-0.3, -0.25) is 9.63 Å². The molecule has 100 valence electrons. The van der Waals surface area contributed by atoms with E-state index >= 15 is 0 Å². The van der Waals surface area contributed by atoms with E-state index < -0.39 is 17.3 Å². The maximum atomic E-state index is 12.0. The van der Waals surface area contributed by atoms with Crippen molar-refractivity contribution in [3.05, 3.63) is 34.6 Å². The van der Waals surface area contributed by atoms with Crippen molar-refractivity contribution in [1.82, 2.24) is 15.2 Å². The molecule has 7 nitrogen and oxygen atoms in total. The Morgan fingerprint density at radius 2 is 1.95 bits per heavy atom. The zero-order valence-corrected chi connectivity index (χ0v) is 10.8. The van der Waals surface area contributed by atoms with E-state index in [1.807, 2.05) is 0 Å². The Hall–Kier alpha value is -2.44. The van der Waals surface area contributed by atoms with E-state index in [4.69, 9.17) is 9.57 Å². The van der Waals surface area contributed by atoms with Crippen molar-refractivity contribution in [2.75, 3.05) is 0 Å². The second-order valence-electron chi connectivity index (χ2n) is 4.84. The SMILES string of the molecule is CC(C)(C)OC(=O)On1nnc2ccccc2c1=O. The second-order valence-corrected chi connectivity index (χ2v) is 4.84. The molecular formula is C12H13N3O4. The number of ether oxygens (including phenoxy) is 1. The number of hydrogen-bond acceptors (Lipinski definition) is 6. The van der Waals surface area contributed by atoms with Gasteiger partial charge in [0.1, 0.15) is 11.1 Å². The normalized spacial score (nSPS) is 11.3. The van der Waals surface area contributed by atoms with E-state index in [2.05, 4.69) is 10.3 Å². The fourth-order valence-corrected chi connectivity index (χ4v) is 1.37. The molecule has 0 atom stereocenters. The average Bonchev–Trinajstić information content (AvgIpc) is 2.31. The fourth-order valence-electron chi connectivity index (χ4n) is 1.37. The summed E-state index contributed by atoms with van der Waals surface area (Å²) in [4.78, 5) is 28.6. The first-order valence-corrected chi connectivity index (χ1v) is 5.63. The number of nitrogens with zero attached hydrogens (tertiary/aromatic N) is 3. The summed E-state index contributed by atoms with van der Waals surface area (Å²) in [5.74, 6) is 0. The molecular weight excluding hydrogens is 250 g/mol. The van der Waals surface area contributed by atoms with Gasteiger partial charge in [0.25, 0.3) is 0 Å². The molecule has 2 aromatic rings. The number of benzene rings is 1. The van der Waals surface area contributed by atoms with Crippen LogP contribution in [0.4, 0.5) is 4.79 Å². The number of aromatic nitrogens is 3. The van der Waals surface area contributed by atoms with Crippen molar-refractivity contribution < 1.29 is 14.4 Å². The minimum absolute atomic E-state index is 0.307. The number of carbonyl (C=O) groups is 1.